The smallest absolute Gasteiger partial charge is 0.272 e. The highest BCUT2D eigenvalue weighted by molar-refractivity contribution is 5.86. The molecule has 7 nitrogen and oxygen atoms in total. The SMILES string of the molecule is FC(F)COc1ncnc2ccc(N3CCN(Cc4ncco4)CC3)cc12. The van der Waals surface area contributed by atoms with E-state index in [0.29, 0.717) is 23.3 Å². The van der Waals surface area contributed by atoms with Crippen LogP contribution in [0.25, 0.3) is 10.9 Å². The van der Waals surface area contributed by atoms with Crippen LogP contribution in [0.3, 0.4) is 0 Å². The van der Waals surface area contributed by atoms with Gasteiger partial charge in [-0.1, -0.05) is 0 Å². The number of aromatic nitrogens is 3. The van der Waals surface area contributed by atoms with E-state index < -0.39 is 13.0 Å². The minimum absolute atomic E-state index is 0.185. The molecule has 3 aromatic rings. The third-order valence-corrected chi connectivity index (χ3v) is 4.51. The van der Waals surface area contributed by atoms with Gasteiger partial charge >= 0.3 is 0 Å². The zero-order valence-electron chi connectivity index (χ0n) is 14.6. The van der Waals surface area contributed by atoms with Crippen LogP contribution in [0.1, 0.15) is 5.89 Å². The summed E-state index contributed by atoms with van der Waals surface area (Å²) in [5.41, 5.74) is 1.66. The molecule has 0 N–H and O–H groups in total. The maximum atomic E-state index is 12.5. The number of nitrogens with zero attached hydrogens (tertiary/aromatic N) is 5. The van der Waals surface area contributed by atoms with Gasteiger partial charge in [-0.2, -0.15) is 0 Å². The van der Waals surface area contributed by atoms with E-state index in [1.54, 1.807) is 12.5 Å². The van der Waals surface area contributed by atoms with Gasteiger partial charge in [0.2, 0.25) is 11.8 Å². The van der Waals surface area contributed by atoms with E-state index in [-0.39, 0.29) is 5.88 Å². The van der Waals surface area contributed by atoms with Gasteiger partial charge in [-0.15, -0.1) is 0 Å². The van der Waals surface area contributed by atoms with Crippen molar-refractivity contribution >= 4 is 16.6 Å². The molecular weight excluding hydrogens is 356 g/mol. The number of halogens is 2. The minimum Gasteiger partial charge on any atom is -0.471 e. The molecular formula is C18H19F2N5O2. The minimum atomic E-state index is -2.55. The molecule has 0 unspecified atom stereocenters. The van der Waals surface area contributed by atoms with Crippen molar-refractivity contribution in [1.29, 1.82) is 0 Å². The number of alkyl halides is 2. The van der Waals surface area contributed by atoms with Gasteiger partial charge in [0.1, 0.15) is 12.6 Å². The van der Waals surface area contributed by atoms with Crippen LogP contribution in [0.5, 0.6) is 5.88 Å². The molecule has 0 aliphatic carbocycles. The van der Waals surface area contributed by atoms with Gasteiger partial charge in [0.05, 0.1) is 23.6 Å². The van der Waals surface area contributed by atoms with Gasteiger partial charge in [0, 0.05) is 31.9 Å². The van der Waals surface area contributed by atoms with Crippen LogP contribution in [-0.4, -0.2) is 59.1 Å². The van der Waals surface area contributed by atoms with Crippen LogP contribution < -0.4 is 9.64 Å². The van der Waals surface area contributed by atoms with Crippen LogP contribution >= 0.6 is 0 Å². The Morgan fingerprint density at radius 2 is 1.96 bits per heavy atom. The average Bonchev–Trinajstić information content (AvgIpc) is 3.19. The molecule has 1 saturated heterocycles. The molecule has 3 heterocycles. The van der Waals surface area contributed by atoms with Crippen molar-refractivity contribution in [2.24, 2.45) is 0 Å². The highest BCUT2D eigenvalue weighted by Gasteiger charge is 2.19. The number of piperazine rings is 1. The second kappa shape index (κ2) is 7.83. The number of fused-ring (bicyclic) bond motifs is 1. The predicted octanol–water partition coefficient (Wildman–Crippen LogP) is 2.58. The largest absolute Gasteiger partial charge is 0.471 e. The Balaban J connectivity index is 1.46. The van der Waals surface area contributed by atoms with E-state index in [2.05, 4.69) is 24.8 Å². The summed E-state index contributed by atoms with van der Waals surface area (Å²) in [5, 5.41) is 0.637. The molecule has 2 aromatic heterocycles. The van der Waals surface area contributed by atoms with Crippen molar-refractivity contribution in [2.45, 2.75) is 13.0 Å². The summed E-state index contributed by atoms with van der Waals surface area (Å²) in [6, 6.07) is 5.75. The summed E-state index contributed by atoms with van der Waals surface area (Å²) in [6.45, 7) is 3.44. The van der Waals surface area contributed by atoms with Gasteiger partial charge in [-0.05, 0) is 18.2 Å². The first-order valence-corrected chi connectivity index (χ1v) is 8.70. The summed E-state index contributed by atoms with van der Waals surface area (Å²) in [7, 11) is 0. The third kappa shape index (κ3) is 4.13. The Hall–Kier alpha value is -2.81. The Labute approximate surface area is 154 Å². The molecule has 1 aromatic carbocycles. The first-order chi connectivity index (χ1) is 13.2. The molecule has 0 bridgehead atoms. The van der Waals surface area contributed by atoms with E-state index in [0.717, 1.165) is 31.9 Å². The summed E-state index contributed by atoms with van der Waals surface area (Å²) in [6.07, 6.45) is 2.01. The highest BCUT2D eigenvalue weighted by atomic mass is 19.3. The maximum Gasteiger partial charge on any atom is 0.272 e. The number of hydrogen-bond acceptors (Lipinski definition) is 7. The molecule has 1 fully saturated rings. The number of oxazole rings is 1. The second-order valence-corrected chi connectivity index (χ2v) is 6.27. The highest BCUT2D eigenvalue weighted by Crippen LogP contribution is 2.27. The standard InChI is InChI=1S/C18H19F2N5O2/c19-16(20)11-27-18-14-9-13(1-2-15(14)22-12-23-18)25-6-4-24(5-7-25)10-17-21-3-8-26-17/h1-3,8-9,12,16H,4-7,10-11H2. The van der Waals surface area contributed by atoms with E-state index in [4.69, 9.17) is 9.15 Å². The Bertz CT molecular complexity index is 883. The van der Waals surface area contributed by atoms with Crippen LogP contribution in [0.4, 0.5) is 14.5 Å². The van der Waals surface area contributed by atoms with Gasteiger partial charge in [-0.3, -0.25) is 4.90 Å². The molecule has 0 radical (unpaired) electrons. The Morgan fingerprint density at radius 1 is 1.11 bits per heavy atom. The lowest BCUT2D eigenvalue weighted by Crippen LogP contribution is -2.46. The normalized spacial score (nSPS) is 15.6. The Morgan fingerprint density at radius 3 is 2.70 bits per heavy atom. The molecule has 1 aliphatic rings. The van der Waals surface area contributed by atoms with Crippen LogP contribution in [-0.2, 0) is 6.54 Å². The number of rotatable bonds is 6. The lowest BCUT2D eigenvalue weighted by atomic mass is 10.2. The first kappa shape index (κ1) is 17.6. The quantitative estimate of drug-likeness (QED) is 0.656. The molecule has 0 atom stereocenters. The van der Waals surface area contributed by atoms with Gasteiger partial charge in [0.25, 0.3) is 6.43 Å². The van der Waals surface area contributed by atoms with Crippen molar-refractivity contribution in [2.75, 3.05) is 37.7 Å². The molecule has 0 saturated carbocycles. The van der Waals surface area contributed by atoms with E-state index >= 15 is 0 Å². The number of hydrogen-bond donors (Lipinski definition) is 0. The lowest BCUT2D eigenvalue weighted by molar-refractivity contribution is 0.0804. The van der Waals surface area contributed by atoms with Crippen LogP contribution in [0.2, 0.25) is 0 Å². The molecule has 142 valence electrons. The fourth-order valence-electron chi connectivity index (χ4n) is 3.16. The number of ether oxygens (including phenoxy) is 1. The molecule has 1 aliphatic heterocycles. The Kier molecular flexibility index (Phi) is 5.10. The van der Waals surface area contributed by atoms with Crippen molar-refractivity contribution < 1.29 is 17.9 Å². The van der Waals surface area contributed by atoms with Crippen molar-refractivity contribution in [3.8, 4) is 5.88 Å². The maximum absolute atomic E-state index is 12.5. The molecule has 4 rings (SSSR count). The predicted molar refractivity (Wildman–Crippen MR) is 95.0 cm³/mol. The summed E-state index contributed by atoms with van der Waals surface area (Å²) in [4.78, 5) is 16.9. The fraction of sp³-hybridized carbons (Fsp3) is 0.389. The lowest BCUT2D eigenvalue weighted by Gasteiger charge is -2.35. The zero-order chi connectivity index (χ0) is 18.6. The zero-order valence-corrected chi connectivity index (χ0v) is 14.6. The van der Waals surface area contributed by atoms with Crippen LogP contribution in [0, 0.1) is 0 Å². The third-order valence-electron chi connectivity index (χ3n) is 4.51. The van der Waals surface area contributed by atoms with Crippen molar-refractivity contribution in [3.05, 3.63) is 42.9 Å². The van der Waals surface area contributed by atoms with Crippen molar-refractivity contribution in [3.63, 3.8) is 0 Å². The molecule has 0 spiro atoms. The first-order valence-electron chi connectivity index (χ1n) is 8.70. The fourth-order valence-corrected chi connectivity index (χ4v) is 3.16. The van der Waals surface area contributed by atoms with Gasteiger partial charge < -0.3 is 14.1 Å². The molecule has 9 heteroatoms. The van der Waals surface area contributed by atoms with Gasteiger partial charge in [-0.25, -0.2) is 23.7 Å². The summed E-state index contributed by atoms with van der Waals surface area (Å²) < 4.78 is 35.4. The average molecular weight is 375 g/mol. The number of benzene rings is 1. The van der Waals surface area contributed by atoms with Gasteiger partial charge in [0.15, 0.2) is 6.61 Å². The second-order valence-electron chi connectivity index (χ2n) is 6.27. The topological polar surface area (TPSA) is 67.5 Å². The summed E-state index contributed by atoms with van der Waals surface area (Å²) >= 11 is 0. The van der Waals surface area contributed by atoms with E-state index in [1.165, 1.54) is 6.33 Å². The van der Waals surface area contributed by atoms with E-state index in [9.17, 15) is 8.78 Å². The monoisotopic (exact) mass is 375 g/mol. The number of anilines is 1. The van der Waals surface area contributed by atoms with E-state index in [1.807, 2.05) is 18.2 Å². The molecule has 27 heavy (non-hydrogen) atoms. The summed E-state index contributed by atoms with van der Waals surface area (Å²) in [5.74, 6) is 0.900. The molecule has 0 amide bonds. The van der Waals surface area contributed by atoms with Crippen molar-refractivity contribution in [1.82, 2.24) is 19.9 Å². The van der Waals surface area contributed by atoms with Crippen LogP contribution in [0.15, 0.2) is 41.4 Å².